The van der Waals surface area contributed by atoms with Crippen molar-refractivity contribution in [2.75, 3.05) is 24.5 Å². The van der Waals surface area contributed by atoms with Crippen LogP contribution in [0, 0.1) is 6.92 Å². The van der Waals surface area contributed by atoms with Gasteiger partial charge in [-0.1, -0.05) is 79.4 Å². The van der Waals surface area contributed by atoms with Crippen molar-refractivity contribution in [2.45, 2.75) is 57.5 Å². The number of benzene rings is 3. The van der Waals surface area contributed by atoms with E-state index < -0.39 is 28.5 Å². The maximum atomic E-state index is 14.2. The minimum atomic E-state index is -4.22. The minimum Gasteiger partial charge on any atom is -0.495 e. The van der Waals surface area contributed by atoms with Crippen molar-refractivity contribution in [3.8, 4) is 5.75 Å². The van der Waals surface area contributed by atoms with E-state index in [1.54, 1.807) is 61.5 Å². The Kier molecular flexibility index (Phi) is 12.1. The molecule has 0 aliphatic carbocycles. The number of sulfonamides is 1. The van der Waals surface area contributed by atoms with Gasteiger partial charge in [0.25, 0.3) is 10.0 Å². The fourth-order valence-corrected chi connectivity index (χ4v) is 6.19. The van der Waals surface area contributed by atoms with Gasteiger partial charge in [-0.25, -0.2) is 8.42 Å². The third-order valence-corrected chi connectivity index (χ3v) is 9.31. The molecular formula is C31H37Cl2N3O5S. The van der Waals surface area contributed by atoms with Gasteiger partial charge in [0.05, 0.1) is 27.7 Å². The Morgan fingerprint density at radius 1 is 0.976 bits per heavy atom. The number of carbonyl (C=O) groups excluding carboxylic acids is 2. The van der Waals surface area contributed by atoms with E-state index in [1.807, 2.05) is 13.8 Å². The van der Waals surface area contributed by atoms with Crippen LogP contribution in [0.5, 0.6) is 5.75 Å². The Labute approximate surface area is 258 Å². The molecule has 0 fully saturated rings. The molecule has 8 nitrogen and oxygen atoms in total. The van der Waals surface area contributed by atoms with Crippen LogP contribution in [-0.2, 0) is 26.2 Å². The lowest BCUT2D eigenvalue weighted by atomic mass is 10.1. The molecule has 0 bridgehead atoms. The van der Waals surface area contributed by atoms with Gasteiger partial charge >= 0.3 is 0 Å². The number of unbranched alkanes of at least 4 members (excludes halogenated alkanes) is 1. The molecule has 3 rings (SSSR count). The van der Waals surface area contributed by atoms with Crippen LogP contribution in [0.15, 0.2) is 71.6 Å². The first kappa shape index (κ1) is 33.2. The summed E-state index contributed by atoms with van der Waals surface area (Å²) >= 11 is 12.4. The first-order valence-electron chi connectivity index (χ1n) is 13.8. The third-order valence-electron chi connectivity index (χ3n) is 6.79. The molecule has 1 N–H and O–H groups in total. The number of halogens is 2. The smallest absolute Gasteiger partial charge is 0.264 e. The predicted octanol–water partition coefficient (Wildman–Crippen LogP) is 6.23. The van der Waals surface area contributed by atoms with E-state index in [4.69, 9.17) is 27.9 Å². The lowest BCUT2D eigenvalue weighted by molar-refractivity contribution is -0.140. The number of nitrogens with zero attached hydrogens (tertiary/aromatic N) is 2. The molecule has 3 aromatic carbocycles. The zero-order valence-corrected chi connectivity index (χ0v) is 26.6. The molecule has 0 aliphatic rings. The number of ether oxygens (including phenoxy) is 1. The van der Waals surface area contributed by atoms with E-state index in [0.29, 0.717) is 28.6 Å². The Hall–Kier alpha value is -3.27. The SMILES string of the molecule is CCCCNC(=O)[C@@H](CC)N(Cc1ccc(Cl)c(Cl)c1)C(=O)CN(c1ccccc1OC)S(=O)(=O)c1ccc(C)cc1. The Bertz CT molecular complexity index is 1480. The summed E-state index contributed by atoms with van der Waals surface area (Å²) in [6, 6.07) is 17.1. The molecular weight excluding hydrogens is 597 g/mol. The average Bonchev–Trinajstić information content (AvgIpc) is 2.97. The van der Waals surface area contributed by atoms with Gasteiger partial charge in [0.15, 0.2) is 0 Å². The fraction of sp³-hybridized carbons (Fsp3) is 0.355. The first-order valence-corrected chi connectivity index (χ1v) is 16.0. The quantitative estimate of drug-likeness (QED) is 0.212. The van der Waals surface area contributed by atoms with Crippen LogP contribution >= 0.6 is 23.2 Å². The van der Waals surface area contributed by atoms with Gasteiger partial charge in [0.1, 0.15) is 18.3 Å². The van der Waals surface area contributed by atoms with Crippen molar-refractivity contribution in [1.82, 2.24) is 10.2 Å². The highest BCUT2D eigenvalue weighted by Crippen LogP contribution is 2.33. The van der Waals surface area contributed by atoms with Gasteiger partial charge in [0.2, 0.25) is 11.8 Å². The van der Waals surface area contributed by atoms with E-state index in [-0.39, 0.29) is 28.8 Å². The molecule has 0 saturated carbocycles. The number of methoxy groups -OCH3 is 1. The van der Waals surface area contributed by atoms with Crippen molar-refractivity contribution in [1.29, 1.82) is 0 Å². The summed E-state index contributed by atoms with van der Waals surface area (Å²) < 4.78 is 34.6. The number of amides is 2. The van der Waals surface area contributed by atoms with E-state index in [2.05, 4.69) is 5.32 Å². The fourth-order valence-electron chi connectivity index (χ4n) is 4.45. The molecule has 2 amide bonds. The number of nitrogens with one attached hydrogen (secondary N) is 1. The molecule has 226 valence electrons. The van der Waals surface area contributed by atoms with Crippen molar-refractivity contribution in [2.24, 2.45) is 0 Å². The second-order valence-electron chi connectivity index (χ2n) is 9.84. The minimum absolute atomic E-state index is 0.0137. The second kappa shape index (κ2) is 15.3. The summed E-state index contributed by atoms with van der Waals surface area (Å²) in [5.41, 5.74) is 1.73. The van der Waals surface area contributed by atoms with Crippen LogP contribution in [0.25, 0.3) is 0 Å². The zero-order valence-electron chi connectivity index (χ0n) is 24.3. The van der Waals surface area contributed by atoms with Crippen molar-refractivity contribution < 1.29 is 22.7 Å². The molecule has 0 unspecified atom stereocenters. The summed E-state index contributed by atoms with van der Waals surface area (Å²) in [7, 11) is -2.79. The predicted molar refractivity (Wildman–Crippen MR) is 168 cm³/mol. The van der Waals surface area contributed by atoms with Crippen LogP contribution < -0.4 is 14.4 Å². The number of aryl methyl sites for hydroxylation is 1. The van der Waals surface area contributed by atoms with Crippen LogP contribution in [0.1, 0.15) is 44.2 Å². The summed E-state index contributed by atoms with van der Waals surface area (Å²) in [5.74, 6) is -0.605. The maximum Gasteiger partial charge on any atom is 0.264 e. The van der Waals surface area contributed by atoms with Gasteiger partial charge in [-0.2, -0.15) is 0 Å². The van der Waals surface area contributed by atoms with E-state index in [9.17, 15) is 18.0 Å². The summed E-state index contributed by atoms with van der Waals surface area (Å²) in [4.78, 5) is 28.9. The highest BCUT2D eigenvalue weighted by Gasteiger charge is 2.34. The third kappa shape index (κ3) is 8.18. The monoisotopic (exact) mass is 633 g/mol. The van der Waals surface area contributed by atoms with Gasteiger partial charge in [-0.05, 0) is 61.7 Å². The number of hydrogen-bond acceptors (Lipinski definition) is 5. The molecule has 0 radical (unpaired) electrons. The van der Waals surface area contributed by atoms with Gasteiger partial charge in [0, 0.05) is 13.1 Å². The summed E-state index contributed by atoms with van der Waals surface area (Å²) in [6.07, 6.45) is 2.00. The first-order chi connectivity index (χ1) is 20.0. The average molecular weight is 635 g/mol. The molecule has 0 saturated heterocycles. The number of carbonyl (C=O) groups is 2. The van der Waals surface area contributed by atoms with Crippen molar-refractivity contribution in [3.63, 3.8) is 0 Å². The topological polar surface area (TPSA) is 96.0 Å². The maximum absolute atomic E-state index is 14.2. The van der Waals surface area contributed by atoms with E-state index >= 15 is 0 Å². The van der Waals surface area contributed by atoms with E-state index in [0.717, 1.165) is 22.7 Å². The highest BCUT2D eigenvalue weighted by atomic mass is 35.5. The lowest BCUT2D eigenvalue weighted by Gasteiger charge is -2.33. The van der Waals surface area contributed by atoms with E-state index in [1.165, 1.54) is 24.1 Å². The number of hydrogen-bond donors (Lipinski definition) is 1. The van der Waals surface area contributed by atoms with Crippen LogP contribution in [0.4, 0.5) is 5.69 Å². The molecule has 0 aromatic heterocycles. The number of para-hydroxylation sites is 2. The second-order valence-corrected chi connectivity index (χ2v) is 12.5. The normalized spacial score (nSPS) is 12.0. The van der Waals surface area contributed by atoms with Crippen LogP contribution in [0.2, 0.25) is 10.0 Å². The summed E-state index contributed by atoms with van der Waals surface area (Å²) in [6.45, 7) is 5.59. The summed E-state index contributed by atoms with van der Waals surface area (Å²) in [5, 5.41) is 3.57. The van der Waals surface area contributed by atoms with Gasteiger partial charge in [-0.15, -0.1) is 0 Å². The zero-order chi connectivity index (χ0) is 30.9. The number of anilines is 1. The molecule has 0 aliphatic heterocycles. The highest BCUT2D eigenvalue weighted by molar-refractivity contribution is 7.92. The molecule has 0 heterocycles. The van der Waals surface area contributed by atoms with Crippen molar-refractivity contribution in [3.05, 3.63) is 87.9 Å². The van der Waals surface area contributed by atoms with Crippen LogP contribution in [0.3, 0.4) is 0 Å². The molecule has 42 heavy (non-hydrogen) atoms. The standard InChI is InChI=1S/C31H37Cl2N3O5S/c1-5-7-18-34-31(38)27(6-2)35(20-23-14-17-25(32)26(33)19-23)30(37)21-36(28-10-8-9-11-29(28)41-4)42(39,40)24-15-12-22(3)13-16-24/h8-17,19,27H,5-7,18,20-21H2,1-4H3,(H,34,38)/t27-/m1/s1. The Morgan fingerprint density at radius 2 is 1.67 bits per heavy atom. The Balaban J connectivity index is 2.09. The molecule has 0 spiro atoms. The molecule has 1 atom stereocenters. The van der Waals surface area contributed by atoms with Gasteiger partial charge < -0.3 is 15.0 Å². The Morgan fingerprint density at radius 3 is 2.29 bits per heavy atom. The van der Waals surface area contributed by atoms with Crippen LogP contribution in [-0.4, -0.2) is 51.4 Å². The van der Waals surface area contributed by atoms with Crippen molar-refractivity contribution >= 4 is 50.7 Å². The molecule has 3 aromatic rings. The largest absolute Gasteiger partial charge is 0.495 e. The lowest BCUT2D eigenvalue weighted by Crippen LogP contribution is -2.52. The number of rotatable bonds is 14. The molecule has 11 heteroatoms. The van der Waals surface area contributed by atoms with Gasteiger partial charge in [-0.3, -0.25) is 13.9 Å².